The van der Waals surface area contributed by atoms with Gasteiger partial charge >= 0.3 is 0 Å². The van der Waals surface area contributed by atoms with E-state index in [9.17, 15) is 8.78 Å². The van der Waals surface area contributed by atoms with Crippen LogP contribution in [0, 0.1) is 18.6 Å². The van der Waals surface area contributed by atoms with Crippen molar-refractivity contribution in [3.8, 4) is 11.1 Å². The summed E-state index contributed by atoms with van der Waals surface area (Å²) in [5.41, 5.74) is 1.27. The minimum absolute atomic E-state index is 0.288. The fourth-order valence-electron chi connectivity index (χ4n) is 1.50. The van der Waals surface area contributed by atoms with Crippen LogP contribution in [-0.4, -0.2) is 0 Å². The lowest BCUT2D eigenvalue weighted by Crippen LogP contribution is -1.92. The lowest BCUT2D eigenvalue weighted by atomic mass is 10.0. The summed E-state index contributed by atoms with van der Waals surface area (Å²) in [6.07, 6.45) is 0. The molecule has 0 saturated heterocycles. The Hall–Kier alpha value is -1.22. The van der Waals surface area contributed by atoms with Crippen LogP contribution in [-0.2, 0) is 0 Å². The van der Waals surface area contributed by atoms with Crippen LogP contribution in [0.2, 0.25) is 0 Å². The fraction of sp³-hybridized carbons (Fsp3) is 0.0769. The number of hydrogen-bond acceptors (Lipinski definition) is 0. The van der Waals surface area contributed by atoms with Crippen LogP contribution >= 0.6 is 15.9 Å². The van der Waals surface area contributed by atoms with Crippen LogP contribution in [0.3, 0.4) is 0 Å². The zero-order valence-electron chi connectivity index (χ0n) is 8.60. The minimum Gasteiger partial charge on any atom is -0.203 e. The number of aryl methyl sites for hydroxylation is 1. The van der Waals surface area contributed by atoms with E-state index >= 15 is 0 Å². The third kappa shape index (κ3) is 2.00. The molecule has 0 radical (unpaired) electrons. The lowest BCUT2D eigenvalue weighted by molar-refractivity contribution is 0.505. The van der Waals surface area contributed by atoms with Gasteiger partial charge in [0.15, 0.2) is 11.6 Å². The molecule has 0 heterocycles. The molecule has 0 spiro atoms. The normalized spacial score (nSPS) is 10.5. The van der Waals surface area contributed by atoms with E-state index in [0.29, 0.717) is 11.1 Å². The zero-order valence-corrected chi connectivity index (χ0v) is 10.2. The van der Waals surface area contributed by atoms with Crippen LogP contribution in [0.1, 0.15) is 5.56 Å². The molecule has 0 aliphatic rings. The zero-order chi connectivity index (χ0) is 11.7. The molecule has 0 aromatic heterocycles. The first-order valence-corrected chi connectivity index (χ1v) is 5.59. The number of benzene rings is 2. The van der Waals surface area contributed by atoms with Crippen molar-refractivity contribution in [3.05, 3.63) is 58.1 Å². The Morgan fingerprint density at radius 2 is 1.50 bits per heavy atom. The fourth-order valence-corrected chi connectivity index (χ4v) is 1.76. The molecule has 0 fully saturated rings. The molecule has 0 N–H and O–H groups in total. The Morgan fingerprint density at radius 3 is 2.12 bits per heavy atom. The third-order valence-corrected chi connectivity index (χ3v) is 2.96. The van der Waals surface area contributed by atoms with Gasteiger partial charge in [-0.2, -0.15) is 0 Å². The van der Waals surface area contributed by atoms with Crippen LogP contribution in [0.4, 0.5) is 8.78 Å². The van der Waals surface area contributed by atoms with E-state index in [1.54, 1.807) is 43.3 Å². The molecule has 0 unspecified atom stereocenters. The average Bonchev–Trinajstić information content (AvgIpc) is 2.28. The first-order chi connectivity index (χ1) is 7.59. The van der Waals surface area contributed by atoms with Crippen molar-refractivity contribution in [2.75, 3.05) is 0 Å². The van der Waals surface area contributed by atoms with Crippen LogP contribution in [0.5, 0.6) is 0 Å². The maximum Gasteiger partial charge on any atom is 0.166 e. The first-order valence-electron chi connectivity index (χ1n) is 4.80. The SMILES string of the molecule is Cc1ccc(-c2ccc(Br)cc2)c(F)c1F. The van der Waals surface area contributed by atoms with Crippen LogP contribution in [0.15, 0.2) is 40.9 Å². The monoisotopic (exact) mass is 282 g/mol. The highest BCUT2D eigenvalue weighted by atomic mass is 79.9. The summed E-state index contributed by atoms with van der Waals surface area (Å²) < 4.78 is 27.9. The number of halogens is 3. The summed E-state index contributed by atoms with van der Waals surface area (Å²) >= 11 is 3.29. The molecule has 0 bridgehead atoms. The van der Waals surface area contributed by atoms with E-state index in [-0.39, 0.29) is 5.56 Å². The van der Waals surface area contributed by atoms with Gasteiger partial charge in [0.1, 0.15) is 0 Å². The van der Waals surface area contributed by atoms with Crippen molar-refractivity contribution in [1.29, 1.82) is 0 Å². The minimum atomic E-state index is -0.790. The molecule has 3 heteroatoms. The van der Waals surface area contributed by atoms with Gasteiger partial charge in [-0.1, -0.05) is 40.2 Å². The maximum absolute atomic E-state index is 13.7. The summed E-state index contributed by atoms with van der Waals surface area (Å²) in [5, 5.41) is 0. The van der Waals surface area contributed by atoms with Crippen molar-refractivity contribution in [2.24, 2.45) is 0 Å². The molecule has 0 nitrogen and oxygen atoms in total. The van der Waals surface area contributed by atoms with Gasteiger partial charge in [-0.05, 0) is 30.2 Å². The maximum atomic E-state index is 13.7. The highest BCUT2D eigenvalue weighted by Crippen LogP contribution is 2.27. The van der Waals surface area contributed by atoms with E-state index < -0.39 is 11.6 Å². The van der Waals surface area contributed by atoms with Crippen molar-refractivity contribution >= 4 is 15.9 Å². The largest absolute Gasteiger partial charge is 0.203 e. The second kappa shape index (κ2) is 4.34. The quantitative estimate of drug-likeness (QED) is 0.711. The lowest BCUT2D eigenvalue weighted by Gasteiger charge is -2.06. The molecule has 0 aliphatic carbocycles. The van der Waals surface area contributed by atoms with Gasteiger partial charge in [0, 0.05) is 10.0 Å². The summed E-state index contributed by atoms with van der Waals surface area (Å²) in [6.45, 7) is 1.55. The molecule has 82 valence electrons. The Morgan fingerprint density at radius 1 is 0.875 bits per heavy atom. The van der Waals surface area contributed by atoms with Crippen LogP contribution < -0.4 is 0 Å². The predicted molar refractivity (Wildman–Crippen MR) is 64.2 cm³/mol. The summed E-state index contributed by atoms with van der Waals surface area (Å²) in [6, 6.07) is 10.3. The van der Waals surface area contributed by atoms with Crippen molar-refractivity contribution in [2.45, 2.75) is 6.92 Å². The van der Waals surface area contributed by atoms with Gasteiger partial charge < -0.3 is 0 Å². The molecule has 2 aromatic rings. The first kappa shape index (κ1) is 11.3. The van der Waals surface area contributed by atoms with E-state index in [1.165, 1.54) is 0 Å². The van der Waals surface area contributed by atoms with E-state index in [4.69, 9.17) is 0 Å². The molecule has 2 rings (SSSR count). The van der Waals surface area contributed by atoms with Gasteiger partial charge in [0.05, 0.1) is 0 Å². The van der Waals surface area contributed by atoms with Gasteiger partial charge in [-0.25, -0.2) is 8.78 Å². The average molecular weight is 283 g/mol. The van der Waals surface area contributed by atoms with Gasteiger partial charge in [0.25, 0.3) is 0 Å². The predicted octanol–water partition coefficient (Wildman–Crippen LogP) is 4.70. The van der Waals surface area contributed by atoms with Crippen molar-refractivity contribution in [1.82, 2.24) is 0 Å². The van der Waals surface area contributed by atoms with E-state index in [1.807, 2.05) is 0 Å². The number of rotatable bonds is 1. The third-order valence-electron chi connectivity index (χ3n) is 2.43. The molecule has 0 saturated carbocycles. The van der Waals surface area contributed by atoms with Crippen LogP contribution in [0.25, 0.3) is 11.1 Å². The summed E-state index contributed by atoms with van der Waals surface area (Å²) in [5.74, 6) is -1.57. The van der Waals surface area contributed by atoms with Gasteiger partial charge in [-0.15, -0.1) is 0 Å². The molecule has 0 aliphatic heterocycles. The van der Waals surface area contributed by atoms with Crippen molar-refractivity contribution in [3.63, 3.8) is 0 Å². The highest BCUT2D eigenvalue weighted by Gasteiger charge is 2.11. The van der Waals surface area contributed by atoms with Gasteiger partial charge in [0.2, 0.25) is 0 Å². The van der Waals surface area contributed by atoms with Gasteiger partial charge in [-0.3, -0.25) is 0 Å². The Bertz CT molecular complexity index is 518. The second-order valence-electron chi connectivity index (χ2n) is 3.56. The molecular weight excluding hydrogens is 274 g/mol. The number of hydrogen-bond donors (Lipinski definition) is 0. The molecule has 2 aromatic carbocycles. The molecular formula is C13H9BrF2. The molecule has 16 heavy (non-hydrogen) atoms. The second-order valence-corrected chi connectivity index (χ2v) is 4.48. The molecule has 0 atom stereocenters. The van der Waals surface area contributed by atoms with Crippen molar-refractivity contribution < 1.29 is 8.78 Å². The Balaban J connectivity index is 2.57. The summed E-state index contributed by atoms with van der Waals surface area (Å²) in [7, 11) is 0. The highest BCUT2D eigenvalue weighted by molar-refractivity contribution is 9.10. The van der Waals surface area contributed by atoms with E-state index in [2.05, 4.69) is 15.9 Å². The Labute approximate surface area is 101 Å². The van der Waals surface area contributed by atoms with E-state index in [0.717, 1.165) is 4.47 Å². The standard InChI is InChI=1S/C13H9BrF2/c1-8-2-7-11(13(16)12(8)15)9-3-5-10(14)6-4-9/h2-7H,1H3. The Kier molecular flexibility index (Phi) is 3.06. The molecule has 0 amide bonds. The topological polar surface area (TPSA) is 0 Å². The summed E-state index contributed by atoms with van der Waals surface area (Å²) in [4.78, 5) is 0. The smallest absolute Gasteiger partial charge is 0.166 e.